The van der Waals surface area contributed by atoms with Gasteiger partial charge in [0.15, 0.2) is 0 Å². The van der Waals surface area contributed by atoms with E-state index in [0.717, 1.165) is 0 Å². The summed E-state index contributed by atoms with van der Waals surface area (Å²) in [6.45, 7) is 9.82. The van der Waals surface area contributed by atoms with E-state index in [9.17, 15) is 72.9 Å². The van der Waals surface area contributed by atoms with Gasteiger partial charge in [-0.3, -0.25) is 47.9 Å². The average molecular weight is 1120 g/mol. The molecule has 0 aliphatic carbocycles. The minimum absolute atomic E-state index is 0.00535. The number of hydrogen-bond acceptors (Lipinski definition) is 16. The van der Waals surface area contributed by atoms with Crippen LogP contribution in [0.15, 0.2) is 0 Å². The molecule has 28 nitrogen and oxygen atoms in total. The molecule has 0 saturated heterocycles. The van der Waals surface area contributed by atoms with E-state index in [1.54, 1.807) is 34.0 Å². The Labute approximate surface area is 453 Å². The highest BCUT2D eigenvalue weighted by molar-refractivity contribution is 7.98. The fourth-order valence-electron chi connectivity index (χ4n) is 7.48. The zero-order chi connectivity index (χ0) is 58.9. The van der Waals surface area contributed by atoms with Crippen LogP contribution in [0.4, 0.5) is 4.79 Å². The molecule has 0 bridgehead atoms. The summed E-state index contributed by atoms with van der Waals surface area (Å²) < 4.78 is 0. The van der Waals surface area contributed by atoms with Crippen LogP contribution in [-0.4, -0.2) is 178 Å². The van der Waals surface area contributed by atoms with Gasteiger partial charge in [-0.15, -0.1) is 0 Å². The van der Waals surface area contributed by atoms with E-state index < -0.39 is 164 Å². The van der Waals surface area contributed by atoms with Gasteiger partial charge in [-0.2, -0.15) is 11.8 Å². The van der Waals surface area contributed by atoms with Gasteiger partial charge >= 0.3 is 23.9 Å². The molecule has 0 heterocycles. The molecule has 0 radical (unpaired) electrons. The van der Waals surface area contributed by atoms with Crippen molar-refractivity contribution in [2.75, 3.05) is 31.7 Å². The summed E-state index contributed by atoms with van der Waals surface area (Å²) >= 11 is 1.32. The first-order chi connectivity index (χ1) is 36.1. The van der Waals surface area contributed by atoms with E-state index in [-0.39, 0.29) is 50.5 Å². The molecule has 0 unspecified atom stereocenters. The van der Waals surface area contributed by atoms with Crippen LogP contribution >= 0.6 is 11.8 Å². The van der Waals surface area contributed by atoms with Crippen molar-refractivity contribution in [2.24, 2.45) is 35.0 Å². The van der Waals surface area contributed by atoms with Crippen LogP contribution in [0.2, 0.25) is 0 Å². The molecule has 29 heteroatoms. The molecule has 77 heavy (non-hydrogen) atoms. The first-order valence-corrected chi connectivity index (χ1v) is 27.2. The van der Waals surface area contributed by atoms with Crippen molar-refractivity contribution in [3.63, 3.8) is 0 Å². The van der Waals surface area contributed by atoms with E-state index >= 15 is 0 Å². The lowest BCUT2D eigenvalue weighted by atomic mass is 9.96. The average Bonchev–Trinajstić information content (AvgIpc) is 3.34. The van der Waals surface area contributed by atoms with Crippen molar-refractivity contribution in [1.82, 2.24) is 47.9 Å². The van der Waals surface area contributed by atoms with Gasteiger partial charge in [-0.05, 0) is 101 Å². The first kappa shape index (κ1) is 70.7. The van der Waals surface area contributed by atoms with Crippen molar-refractivity contribution in [3.8, 4) is 0 Å². The number of amides is 10. The Kier molecular flexibility index (Phi) is 35.1. The van der Waals surface area contributed by atoms with Crippen LogP contribution in [0, 0.1) is 17.8 Å². The zero-order valence-electron chi connectivity index (χ0n) is 45.3. The number of thioether (sulfide) groups is 1. The van der Waals surface area contributed by atoms with Gasteiger partial charge in [0.05, 0.1) is 12.6 Å². The summed E-state index contributed by atoms with van der Waals surface area (Å²) in [6.07, 6.45) is 0.874. The molecule has 0 rings (SSSR count). The normalized spacial score (nSPS) is 15.1. The number of primary amides is 1. The van der Waals surface area contributed by atoms with Crippen molar-refractivity contribution in [3.05, 3.63) is 0 Å². The monoisotopic (exact) mass is 1120 g/mol. The van der Waals surface area contributed by atoms with E-state index in [1.165, 1.54) is 11.8 Å². The maximum absolute atomic E-state index is 14.3. The molecule has 0 aromatic rings. The van der Waals surface area contributed by atoms with Crippen molar-refractivity contribution in [1.29, 1.82) is 0 Å². The fraction of sp³-hybridized carbons (Fsp3) is 0.750. The highest BCUT2D eigenvalue weighted by Gasteiger charge is 2.36. The summed E-state index contributed by atoms with van der Waals surface area (Å²) in [5.74, 6) is -12.0. The molecule has 0 saturated carbocycles. The molecule has 0 fully saturated rings. The molecule has 10 amide bonds. The number of carboxylic acid groups (broad SMARTS) is 3. The Morgan fingerprint density at radius 2 is 0.922 bits per heavy atom. The predicted octanol–water partition coefficient (Wildman–Crippen LogP) is -2.53. The quantitative estimate of drug-likeness (QED) is 0.0281. The largest absolute Gasteiger partial charge is 0.481 e. The molecule has 0 aromatic carbocycles. The molecule has 0 aliphatic heterocycles. The molecule has 0 aliphatic rings. The number of hydrogen-bond donors (Lipinski definition) is 16. The molecule has 10 atom stereocenters. The summed E-state index contributed by atoms with van der Waals surface area (Å²) in [5.41, 5.74) is 16.9. The number of aliphatic hydroxyl groups excluding tert-OH is 1. The minimum Gasteiger partial charge on any atom is -0.481 e. The van der Waals surface area contributed by atoms with Crippen LogP contribution in [0.25, 0.3) is 0 Å². The summed E-state index contributed by atoms with van der Waals surface area (Å²) in [6, 6.07) is -13.6. The number of aliphatic carboxylic acids is 3. The number of nitrogens with one attached hydrogen (secondary N) is 9. The van der Waals surface area contributed by atoms with Gasteiger partial charge in [0, 0.05) is 19.4 Å². The van der Waals surface area contributed by atoms with Crippen molar-refractivity contribution < 1.29 is 78.0 Å². The number of aliphatic hydroxyl groups is 1. The summed E-state index contributed by atoms with van der Waals surface area (Å²) in [4.78, 5) is 156. The van der Waals surface area contributed by atoms with Gasteiger partial charge in [0.1, 0.15) is 48.3 Å². The van der Waals surface area contributed by atoms with Gasteiger partial charge in [-0.1, -0.05) is 48.0 Å². The number of unbranched alkanes of at least 4 members (excludes halogenated alkanes) is 1. The molecular weight excluding hydrogens is 1030 g/mol. The topological polar surface area (TPSA) is 472 Å². The van der Waals surface area contributed by atoms with Crippen LogP contribution in [-0.2, 0) is 52.7 Å². The van der Waals surface area contributed by atoms with Gasteiger partial charge in [0.25, 0.3) is 0 Å². The number of carbonyl (C=O) groups excluding carboxylic acids is 9. The van der Waals surface area contributed by atoms with Crippen molar-refractivity contribution in [2.45, 2.75) is 179 Å². The number of nitrogens with two attached hydrogens (primary N) is 3. The van der Waals surface area contributed by atoms with Crippen LogP contribution in [0.1, 0.15) is 125 Å². The minimum atomic E-state index is -1.70. The highest BCUT2D eigenvalue weighted by atomic mass is 32.2. The van der Waals surface area contributed by atoms with Gasteiger partial charge in [-0.25, -0.2) is 9.59 Å². The van der Waals surface area contributed by atoms with E-state index in [2.05, 4.69) is 47.9 Å². The highest BCUT2D eigenvalue weighted by Crippen LogP contribution is 2.14. The maximum atomic E-state index is 14.3. The second-order valence-electron chi connectivity index (χ2n) is 19.6. The van der Waals surface area contributed by atoms with Crippen molar-refractivity contribution >= 4 is 83.0 Å². The fourth-order valence-corrected chi connectivity index (χ4v) is 7.96. The van der Waals surface area contributed by atoms with E-state index in [0.29, 0.717) is 38.0 Å². The number of urea groups is 1. The molecule has 19 N–H and O–H groups in total. The Hall–Kier alpha value is -6.33. The first-order valence-electron chi connectivity index (χ1n) is 25.8. The van der Waals surface area contributed by atoms with E-state index in [4.69, 9.17) is 22.3 Å². The van der Waals surface area contributed by atoms with Crippen LogP contribution in [0.5, 0.6) is 0 Å². The number of carboxylic acids is 3. The smallest absolute Gasteiger partial charge is 0.326 e. The number of rotatable bonds is 41. The van der Waals surface area contributed by atoms with Crippen LogP contribution in [0.3, 0.4) is 0 Å². The Balaban J connectivity index is 6.76. The second kappa shape index (κ2) is 38.3. The third kappa shape index (κ3) is 29.7. The number of carbonyl (C=O) groups is 12. The molecule has 0 aromatic heterocycles. The van der Waals surface area contributed by atoms with Crippen LogP contribution < -0.4 is 65.1 Å². The lowest BCUT2D eigenvalue weighted by Gasteiger charge is -2.30. The molecular formula is C48H86N12O16S. The SMILES string of the molecule is CC[C@H](C)[C@H](NC(=O)[C@H](CCCNC(N)=O)NC(=O)[C@H](CO)NC(=O)[C@H](CCCCN)NC(=O)[C@@H](N)CC(C)C)C(=O)N[C@@H](CCSC)C(=O)N[C@@H](CC(C)C)C(=O)N[C@@H](CCC(=O)O)C(=O)N[C@@H](CCC(=O)O)C(=O)O. The Morgan fingerprint density at radius 3 is 1.39 bits per heavy atom. The lowest BCUT2D eigenvalue weighted by Crippen LogP contribution is -2.61. The van der Waals surface area contributed by atoms with Gasteiger partial charge in [0.2, 0.25) is 47.3 Å². The van der Waals surface area contributed by atoms with Gasteiger partial charge < -0.3 is 85.5 Å². The third-order valence-electron chi connectivity index (χ3n) is 12.0. The zero-order valence-corrected chi connectivity index (χ0v) is 46.1. The Morgan fingerprint density at radius 1 is 0.506 bits per heavy atom. The predicted molar refractivity (Wildman–Crippen MR) is 283 cm³/mol. The van der Waals surface area contributed by atoms with E-state index in [1.807, 2.05) is 13.8 Å². The lowest BCUT2D eigenvalue weighted by molar-refractivity contribution is -0.144. The standard InChI is InChI=1S/C48H86N12O16S/c1-8-27(6)38(60-43(70)30(13-11-20-52-48(51)76)54-45(72)35(24-61)59-40(67)29(12-9-10-19-49)53-39(66)28(50)22-25(2)3)46(73)56-32(18-21-77-7)42(69)58-34(23-26(4)5)44(71)55-31(14-16-36(62)63)41(68)57-33(47(74)75)15-17-37(64)65/h25-35,38,61H,8-24,49-50H2,1-7H3,(H,53,66)(H,54,72)(H,55,71)(H,56,73)(H,57,68)(H,58,69)(H,59,67)(H,60,70)(H,62,63)(H,64,65)(H,74,75)(H3,51,52,76)/t27-,28-,29-,30-,31-,32-,33-,34-,35-,38-/m0/s1. The maximum Gasteiger partial charge on any atom is 0.326 e. The summed E-state index contributed by atoms with van der Waals surface area (Å²) in [7, 11) is 0. The molecule has 440 valence electrons. The third-order valence-corrected chi connectivity index (χ3v) is 12.6. The summed E-state index contributed by atoms with van der Waals surface area (Å²) in [5, 5.41) is 60.6. The second-order valence-corrected chi connectivity index (χ2v) is 20.5. The Bertz CT molecular complexity index is 1970. The molecule has 0 spiro atoms.